The van der Waals surface area contributed by atoms with Gasteiger partial charge >= 0.3 is 0 Å². The van der Waals surface area contributed by atoms with Crippen molar-refractivity contribution < 1.29 is 4.74 Å². The molecule has 0 aromatic carbocycles. The Bertz CT molecular complexity index is 304. The number of hydrogen-bond acceptors (Lipinski definition) is 3. The second-order valence-electron chi connectivity index (χ2n) is 6.01. The highest BCUT2D eigenvalue weighted by Gasteiger charge is 2.28. The van der Waals surface area contributed by atoms with E-state index in [-0.39, 0.29) is 24.0 Å². The fourth-order valence-electron chi connectivity index (χ4n) is 2.93. The predicted octanol–water partition coefficient (Wildman–Crippen LogP) is 1.95. The van der Waals surface area contributed by atoms with Crippen molar-refractivity contribution in [2.45, 2.75) is 57.0 Å². The summed E-state index contributed by atoms with van der Waals surface area (Å²) >= 11 is 0. The number of nitrogens with zero attached hydrogens (tertiary/aromatic N) is 2. The van der Waals surface area contributed by atoms with E-state index >= 15 is 0 Å². The Labute approximate surface area is 146 Å². The van der Waals surface area contributed by atoms with E-state index in [1.54, 1.807) is 7.11 Å². The van der Waals surface area contributed by atoms with Crippen molar-refractivity contribution in [3.8, 4) is 0 Å². The first-order chi connectivity index (χ1) is 9.79. The summed E-state index contributed by atoms with van der Waals surface area (Å²) in [7, 11) is 1.76. The zero-order chi connectivity index (χ0) is 14.2. The highest BCUT2D eigenvalue weighted by molar-refractivity contribution is 14.0. The lowest BCUT2D eigenvalue weighted by Gasteiger charge is -2.23. The van der Waals surface area contributed by atoms with E-state index in [1.165, 1.54) is 44.9 Å². The molecule has 0 atom stereocenters. The molecule has 124 valence electrons. The number of nitrogens with one attached hydrogen (secondary N) is 1. The molecule has 0 heterocycles. The first-order valence-electron chi connectivity index (χ1n) is 8.09. The minimum atomic E-state index is 0. The topological polar surface area (TPSA) is 62.9 Å². The third-order valence-electron chi connectivity index (χ3n) is 4.27. The molecule has 0 aromatic heterocycles. The van der Waals surface area contributed by atoms with E-state index in [4.69, 9.17) is 10.5 Å². The van der Waals surface area contributed by atoms with Crippen molar-refractivity contribution >= 4 is 29.9 Å². The fraction of sp³-hybridized carbons (Fsp3) is 0.933. The van der Waals surface area contributed by atoms with Crippen LogP contribution < -0.4 is 11.1 Å². The van der Waals surface area contributed by atoms with Crippen molar-refractivity contribution in [3.63, 3.8) is 0 Å². The maximum Gasteiger partial charge on any atom is 0.188 e. The molecule has 0 aliphatic heterocycles. The Hall–Kier alpha value is -0.0800. The number of ether oxygens (including phenoxy) is 1. The van der Waals surface area contributed by atoms with Crippen molar-refractivity contribution in [2.24, 2.45) is 10.7 Å². The number of guanidine groups is 1. The summed E-state index contributed by atoms with van der Waals surface area (Å²) in [6.45, 7) is 3.58. The van der Waals surface area contributed by atoms with Gasteiger partial charge in [-0.15, -0.1) is 24.0 Å². The standard InChI is InChI=1S/C15H30N4O.HI/c1-20-12-11-19(14-7-8-14)10-9-17-15(16)18-13-5-3-2-4-6-13;/h13-14H,2-12H2,1H3,(H3,16,17,18);1H. The molecule has 2 fully saturated rings. The molecule has 5 nitrogen and oxygen atoms in total. The molecular formula is C15H31IN4O. The van der Waals surface area contributed by atoms with Crippen LogP contribution in [0.4, 0.5) is 0 Å². The van der Waals surface area contributed by atoms with Crippen LogP contribution in [0.2, 0.25) is 0 Å². The van der Waals surface area contributed by atoms with Crippen molar-refractivity contribution in [1.29, 1.82) is 0 Å². The maximum absolute atomic E-state index is 5.98. The molecule has 2 saturated carbocycles. The van der Waals surface area contributed by atoms with Crippen molar-refractivity contribution in [3.05, 3.63) is 0 Å². The average Bonchev–Trinajstić information content (AvgIpc) is 3.28. The number of aliphatic imine (C=N–C) groups is 1. The van der Waals surface area contributed by atoms with Crippen LogP contribution in [0.25, 0.3) is 0 Å². The fourth-order valence-corrected chi connectivity index (χ4v) is 2.93. The molecular weight excluding hydrogens is 379 g/mol. The van der Waals surface area contributed by atoms with Crippen LogP contribution in [0.1, 0.15) is 44.9 Å². The van der Waals surface area contributed by atoms with Crippen LogP contribution >= 0.6 is 24.0 Å². The number of halogens is 1. The Kier molecular flexibility index (Phi) is 9.59. The molecule has 2 rings (SSSR count). The summed E-state index contributed by atoms with van der Waals surface area (Å²) in [4.78, 5) is 6.95. The van der Waals surface area contributed by atoms with E-state index in [0.29, 0.717) is 12.0 Å². The summed E-state index contributed by atoms with van der Waals surface area (Å²) in [5.41, 5.74) is 5.98. The molecule has 0 spiro atoms. The lowest BCUT2D eigenvalue weighted by atomic mass is 9.96. The second kappa shape index (κ2) is 10.6. The van der Waals surface area contributed by atoms with E-state index in [9.17, 15) is 0 Å². The summed E-state index contributed by atoms with van der Waals surface area (Å²) < 4.78 is 5.16. The van der Waals surface area contributed by atoms with Gasteiger partial charge < -0.3 is 15.8 Å². The maximum atomic E-state index is 5.98. The Morgan fingerprint density at radius 2 is 1.90 bits per heavy atom. The molecule has 0 radical (unpaired) electrons. The van der Waals surface area contributed by atoms with Crippen LogP contribution in [0, 0.1) is 0 Å². The third kappa shape index (κ3) is 7.65. The highest BCUT2D eigenvalue weighted by Crippen LogP contribution is 2.26. The van der Waals surface area contributed by atoms with Gasteiger partial charge in [-0.3, -0.25) is 9.89 Å². The SMILES string of the molecule is COCCN(CCN=C(N)NC1CCCCC1)C1CC1.I. The van der Waals surface area contributed by atoms with Gasteiger partial charge in [-0.05, 0) is 25.7 Å². The first-order valence-corrected chi connectivity index (χ1v) is 8.09. The van der Waals surface area contributed by atoms with Gasteiger partial charge in [-0.25, -0.2) is 0 Å². The van der Waals surface area contributed by atoms with Crippen LogP contribution in [-0.2, 0) is 4.74 Å². The van der Waals surface area contributed by atoms with E-state index in [2.05, 4.69) is 15.2 Å². The van der Waals surface area contributed by atoms with E-state index < -0.39 is 0 Å². The lowest BCUT2D eigenvalue weighted by molar-refractivity contribution is 0.145. The molecule has 0 saturated heterocycles. The van der Waals surface area contributed by atoms with Crippen LogP contribution in [0.15, 0.2) is 4.99 Å². The van der Waals surface area contributed by atoms with Gasteiger partial charge in [0.15, 0.2) is 5.96 Å². The van der Waals surface area contributed by atoms with Gasteiger partial charge in [0.2, 0.25) is 0 Å². The van der Waals surface area contributed by atoms with Crippen molar-refractivity contribution in [2.75, 3.05) is 33.4 Å². The molecule has 3 N–H and O–H groups in total. The predicted molar refractivity (Wildman–Crippen MR) is 98.4 cm³/mol. The van der Waals surface area contributed by atoms with Crippen molar-refractivity contribution in [1.82, 2.24) is 10.2 Å². The summed E-state index contributed by atoms with van der Waals surface area (Å²) in [6, 6.07) is 1.30. The Morgan fingerprint density at radius 3 is 2.52 bits per heavy atom. The summed E-state index contributed by atoms with van der Waals surface area (Å²) in [6.07, 6.45) is 9.11. The first kappa shape index (κ1) is 19.0. The number of methoxy groups -OCH3 is 1. The smallest absolute Gasteiger partial charge is 0.188 e. The number of hydrogen-bond donors (Lipinski definition) is 2. The van der Waals surface area contributed by atoms with Gasteiger partial charge in [-0.1, -0.05) is 19.3 Å². The van der Waals surface area contributed by atoms with Crippen LogP contribution in [0.3, 0.4) is 0 Å². The van der Waals surface area contributed by atoms with Gasteiger partial charge in [-0.2, -0.15) is 0 Å². The molecule has 6 heteroatoms. The third-order valence-corrected chi connectivity index (χ3v) is 4.27. The van der Waals surface area contributed by atoms with Gasteiger partial charge in [0.1, 0.15) is 0 Å². The molecule has 2 aliphatic rings. The normalized spacial score (nSPS) is 20.4. The van der Waals surface area contributed by atoms with Crippen LogP contribution in [-0.4, -0.2) is 56.3 Å². The minimum Gasteiger partial charge on any atom is -0.383 e. The molecule has 2 aliphatic carbocycles. The largest absolute Gasteiger partial charge is 0.383 e. The Balaban J connectivity index is 0.00000220. The van der Waals surface area contributed by atoms with Gasteiger partial charge in [0, 0.05) is 32.3 Å². The molecule has 0 amide bonds. The van der Waals surface area contributed by atoms with E-state index in [1.807, 2.05) is 0 Å². The number of rotatable bonds is 8. The summed E-state index contributed by atoms with van der Waals surface area (Å²) in [5, 5.41) is 3.37. The minimum absolute atomic E-state index is 0. The lowest BCUT2D eigenvalue weighted by Crippen LogP contribution is -2.41. The zero-order valence-electron chi connectivity index (χ0n) is 13.2. The van der Waals surface area contributed by atoms with Gasteiger partial charge in [0.25, 0.3) is 0 Å². The van der Waals surface area contributed by atoms with E-state index in [0.717, 1.165) is 32.3 Å². The van der Waals surface area contributed by atoms with Gasteiger partial charge in [0.05, 0.1) is 13.2 Å². The second-order valence-corrected chi connectivity index (χ2v) is 6.01. The number of nitrogens with two attached hydrogens (primary N) is 1. The zero-order valence-corrected chi connectivity index (χ0v) is 15.6. The highest BCUT2D eigenvalue weighted by atomic mass is 127. The average molecular weight is 410 g/mol. The van der Waals surface area contributed by atoms with Crippen LogP contribution in [0.5, 0.6) is 0 Å². The quantitative estimate of drug-likeness (QED) is 0.365. The monoisotopic (exact) mass is 410 g/mol. The Morgan fingerprint density at radius 1 is 1.19 bits per heavy atom. The molecule has 0 bridgehead atoms. The molecule has 0 unspecified atom stereocenters. The molecule has 21 heavy (non-hydrogen) atoms. The molecule has 0 aromatic rings. The summed E-state index contributed by atoms with van der Waals surface area (Å²) in [5.74, 6) is 0.624.